The highest BCUT2D eigenvalue weighted by Crippen LogP contribution is 2.41. The van der Waals surface area contributed by atoms with Gasteiger partial charge in [0.15, 0.2) is 17.1 Å². The highest BCUT2D eigenvalue weighted by molar-refractivity contribution is 9.10. The monoisotopic (exact) mass is 528 g/mol. The minimum absolute atomic E-state index is 0.0286. The van der Waals surface area contributed by atoms with E-state index in [0.29, 0.717) is 42.4 Å². The molecule has 0 N–H and O–H groups in total. The fraction of sp³-hybridized carbons (Fsp3) is 0.480. The van der Waals surface area contributed by atoms with Crippen LogP contribution in [0.3, 0.4) is 0 Å². The Hall–Kier alpha value is -2.81. The second kappa shape index (κ2) is 8.76. The van der Waals surface area contributed by atoms with Crippen LogP contribution in [0.2, 0.25) is 0 Å². The van der Waals surface area contributed by atoms with Crippen molar-refractivity contribution in [2.45, 2.75) is 39.7 Å². The number of likely N-dealkylation sites (tertiary alicyclic amines) is 2. The number of fused-ring (bicyclic) bond motifs is 1. The number of methoxy groups -OCH3 is 1. The first-order valence-electron chi connectivity index (χ1n) is 11.7. The van der Waals surface area contributed by atoms with Crippen molar-refractivity contribution in [1.82, 2.24) is 19.6 Å². The minimum atomic E-state index is -0.0923. The van der Waals surface area contributed by atoms with Gasteiger partial charge < -0.3 is 19.0 Å². The Morgan fingerprint density at radius 1 is 1.15 bits per heavy atom. The molecular weight excluding hydrogens is 500 g/mol. The van der Waals surface area contributed by atoms with Crippen LogP contribution in [-0.2, 0) is 6.54 Å². The number of nitrogens with zero attached hydrogens (tertiary/aromatic N) is 4. The van der Waals surface area contributed by atoms with E-state index in [1.807, 2.05) is 41.8 Å². The van der Waals surface area contributed by atoms with Crippen LogP contribution in [0.25, 0.3) is 11.0 Å². The van der Waals surface area contributed by atoms with Gasteiger partial charge in [0.1, 0.15) is 5.69 Å². The molecule has 2 aromatic heterocycles. The number of benzene rings is 1. The van der Waals surface area contributed by atoms with Crippen LogP contribution in [0, 0.1) is 12.3 Å². The molecule has 8 nitrogen and oxygen atoms in total. The van der Waals surface area contributed by atoms with Gasteiger partial charge in [-0.15, -0.1) is 0 Å². The second-order valence-corrected chi connectivity index (χ2v) is 10.1. The van der Waals surface area contributed by atoms with Gasteiger partial charge in [0.2, 0.25) is 0 Å². The molecule has 2 aliphatic rings. The lowest BCUT2D eigenvalue weighted by Gasteiger charge is -2.39. The zero-order valence-corrected chi connectivity index (χ0v) is 21.4. The van der Waals surface area contributed by atoms with Crippen LogP contribution in [0.1, 0.15) is 52.9 Å². The lowest BCUT2D eigenvalue weighted by Crippen LogP contribution is -2.44. The first-order valence-corrected chi connectivity index (χ1v) is 12.5. The van der Waals surface area contributed by atoms with E-state index in [2.05, 4.69) is 21.0 Å². The molecule has 0 saturated carbocycles. The number of furan rings is 1. The molecule has 0 bridgehead atoms. The van der Waals surface area contributed by atoms with Gasteiger partial charge in [0.25, 0.3) is 11.8 Å². The number of aryl methyl sites for hydroxylation is 2. The molecule has 9 heteroatoms. The average molecular weight is 529 g/mol. The quantitative estimate of drug-likeness (QED) is 0.498. The second-order valence-electron chi connectivity index (χ2n) is 9.32. The average Bonchev–Trinajstić information content (AvgIpc) is 3.54. The SMILES string of the molecule is CCn1nc(C)c(Br)c1C(=O)N1CCC2(CCN(C(=O)c3cc4cccc(OC)c4o3)CC2)C1. The fourth-order valence-corrected chi connectivity index (χ4v) is 5.76. The van der Waals surface area contributed by atoms with Crippen molar-refractivity contribution < 1.29 is 18.7 Å². The zero-order valence-electron chi connectivity index (χ0n) is 19.8. The number of halogens is 1. The Balaban J connectivity index is 1.26. The predicted octanol–water partition coefficient (Wildman–Crippen LogP) is 4.50. The number of amides is 2. The number of aromatic nitrogens is 2. The molecule has 4 heterocycles. The number of carbonyl (C=O) groups is 2. The summed E-state index contributed by atoms with van der Waals surface area (Å²) in [6.45, 7) is 7.31. The summed E-state index contributed by atoms with van der Waals surface area (Å²) in [6.07, 6.45) is 2.71. The molecule has 5 rings (SSSR count). The molecule has 0 atom stereocenters. The minimum Gasteiger partial charge on any atom is -0.493 e. The van der Waals surface area contributed by atoms with Gasteiger partial charge in [-0.05, 0) is 66.6 Å². The topological polar surface area (TPSA) is 80.8 Å². The van der Waals surface area contributed by atoms with E-state index >= 15 is 0 Å². The standard InChI is InChI=1S/C25H29BrN4O4/c1-4-30-21(20(26)16(2)27-30)24(32)29-13-10-25(15-29)8-11-28(12-9-25)23(31)19-14-17-6-5-7-18(33-3)22(17)34-19/h5-7,14H,4,8-13,15H2,1-3H3. The number of para-hydroxylation sites is 1. The van der Waals surface area contributed by atoms with Crippen LogP contribution in [-0.4, -0.2) is 64.7 Å². The molecule has 0 unspecified atom stereocenters. The Bertz CT molecular complexity index is 1260. The molecule has 2 saturated heterocycles. The van der Waals surface area contributed by atoms with Gasteiger partial charge in [-0.25, -0.2) is 0 Å². The van der Waals surface area contributed by atoms with Gasteiger partial charge in [-0.2, -0.15) is 5.10 Å². The Morgan fingerprint density at radius 3 is 2.53 bits per heavy atom. The number of hydrogen-bond donors (Lipinski definition) is 0. The predicted molar refractivity (Wildman–Crippen MR) is 131 cm³/mol. The van der Waals surface area contributed by atoms with Gasteiger partial charge >= 0.3 is 0 Å². The van der Waals surface area contributed by atoms with E-state index in [9.17, 15) is 9.59 Å². The number of rotatable bonds is 4. The van der Waals surface area contributed by atoms with Gasteiger partial charge in [0.05, 0.1) is 17.3 Å². The fourth-order valence-electron chi connectivity index (χ4n) is 5.30. The number of hydrogen-bond acceptors (Lipinski definition) is 5. The zero-order chi connectivity index (χ0) is 24.0. The Morgan fingerprint density at radius 2 is 1.85 bits per heavy atom. The molecular formula is C25H29BrN4O4. The highest BCUT2D eigenvalue weighted by atomic mass is 79.9. The van der Waals surface area contributed by atoms with E-state index in [-0.39, 0.29) is 17.2 Å². The molecule has 2 aliphatic heterocycles. The smallest absolute Gasteiger partial charge is 0.289 e. The van der Waals surface area contributed by atoms with Crippen LogP contribution in [0.5, 0.6) is 5.75 Å². The third-order valence-corrected chi connectivity index (χ3v) is 8.28. The van der Waals surface area contributed by atoms with E-state index in [1.165, 1.54) is 0 Å². The maximum absolute atomic E-state index is 13.3. The summed E-state index contributed by atoms with van der Waals surface area (Å²) in [6, 6.07) is 7.41. The van der Waals surface area contributed by atoms with Crippen molar-refractivity contribution in [1.29, 1.82) is 0 Å². The molecule has 2 amide bonds. The molecule has 34 heavy (non-hydrogen) atoms. The number of carbonyl (C=O) groups excluding carboxylic acids is 2. The maximum Gasteiger partial charge on any atom is 0.289 e. The molecule has 2 fully saturated rings. The molecule has 3 aromatic rings. The van der Waals surface area contributed by atoms with Crippen molar-refractivity contribution in [2.24, 2.45) is 5.41 Å². The summed E-state index contributed by atoms with van der Waals surface area (Å²) in [5.41, 5.74) is 2.11. The normalized spacial score (nSPS) is 17.6. The summed E-state index contributed by atoms with van der Waals surface area (Å²) >= 11 is 3.55. The summed E-state index contributed by atoms with van der Waals surface area (Å²) < 4.78 is 13.8. The maximum atomic E-state index is 13.3. The van der Waals surface area contributed by atoms with E-state index in [0.717, 1.165) is 47.9 Å². The summed E-state index contributed by atoms with van der Waals surface area (Å²) in [4.78, 5) is 30.3. The van der Waals surface area contributed by atoms with Gasteiger partial charge in [0, 0.05) is 38.1 Å². The molecule has 0 aliphatic carbocycles. The summed E-state index contributed by atoms with van der Waals surface area (Å²) in [5.74, 6) is 0.897. The summed E-state index contributed by atoms with van der Waals surface area (Å²) in [5, 5.41) is 5.33. The Kier molecular flexibility index (Phi) is 5.91. The van der Waals surface area contributed by atoms with Crippen LogP contribution in [0.15, 0.2) is 33.2 Å². The third-order valence-electron chi connectivity index (χ3n) is 7.33. The number of ether oxygens (including phenoxy) is 1. The lowest BCUT2D eigenvalue weighted by molar-refractivity contribution is 0.0540. The van der Waals surface area contributed by atoms with Crippen LogP contribution >= 0.6 is 15.9 Å². The highest BCUT2D eigenvalue weighted by Gasteiger charge is 2.44. The van der Waals surface area contributed by atoms with Gasteiger partial charge in [-0.3, -0.25) is 14.3 Å². The van der Waals surface area contributed by atoms with Crippen molar-refractivity contribution >= 4 is 38.7 Å². The van der Waals surface area contributed by atoms with Crippen molar-refractivity contribution in [3.05, 3.63) is 45.9 Å². The molecule has 0 radical (unpaired) electrons. The molecule has 1 aromatic carbocycles. The first kappa shape index (κ1) is 23.0. The van der Waals surface area contributed by atoms with E-state index in [1.54, 1.807) is 17.9 Å². The van der Waals surface area contributed by atoms with E-state index in [4.69, 9.17) is 9.15 Å². The Labute approximate surface area is 206 Å². The van der Waals surface area contributed by atoms with Crippen molar-refractivity contribution in [2.75, 3.05) is 33.3 Å². The lowest BCUT2D eigenvalue weighted by atomic mass is 9.77. The third kappa shape index (κ3) is 3.79. The largest absolute Gasteiger partial charge is 0.493 e. The van der Waals surface area contributed by atoms with Gasteiger partial charge in [-0.1, -0.05) is 12.1 Å². The van der Waals surface area contributed by atoms with Crippen LogP contribution in [0.4, 0.5) is 0 Å². The van der Waals surface area contributed by atoms with E-state index < -0.39 is 0 Å². The first-order chi connectivity index (χ1) is 16.4. The summed E-state index contributed by atoms with van der Waals surface area (Å²) in [7, 11) is 1.59. The number of piperidine rings is 1. The molecule has 1 spiro atoms. The van der Waals surface area contributed by atoms with Crippen LogP contribution < -0.4 is 4.74 Å². The van der Waals surface area contributed by atoms with Crippen molar-refractivity contribution in [3.8, 4) is 5.75 Å². The van der Waals surface area contributed by atoms with Crippen molar-refractivity contribution in [3.63, 3.8) is 0 Å². The molecule has 180 valence electrons.